The van der Waals surface area contributed by atoms with E-state index in [0.717, 1.165) is 55.9 Å². The topological polar surface area (TPSA) is 49.8 Å². The van der Waals surface area contributed by atoms with Gasteiger partial charge in [-0.25, -0.2) is 4.98 Å². The van der Waals surface area contributed by atoms with Crippen LogP contribution < -0.4 is 4.74 Å². The number of benzene rings is 5. The first-order chi connectivity index (χ1) is 26.3. The predicted octanol–water partition coefficient (Wildman–Crippen LogP) is 12.4. The van der Waals surface area contributed by atoms with Crippen molar-refractivity contribution in [1.82, 2.24) is 23.9 Å². The second kappa shape index (κ2) is 13.6. The first-order valence-electron chi connectivity index (χ1n) is 19.0. The Hall–Kier alpha value is -5.45. The molecular formula is C49H45N5OPt. The Kier molecular flexibility index (Phi) is 9.12. The van der Waals surface area contributed by atoms with E-state index in [-0.39, 0.29) is 31.9 Å². The fraction of sp³-hybridized carbons (Fsp3) is 0.224. The van der Waals surface area contributed by atoms with Crippen LogP contribution in [0.1, 0.15) is 69.6 Å². The SMILES string of the molecule is Cc1cc(C)n(-c2[c-]c(Oc3[c-]c4c(cc3)c3ccccc3n4-c3cc(-n4c5c(C(C)(C)C)cccc5c5cccc(C(C)(C)C)c54)c(C)cn3)ccc2)n1.[Pt+2]. The van der Waals surface area contributed by atoms with Crippen LogP contribution in [0.25, 0.3) is 60.8 Å². The number of fused-ring (bicyclic) bond motifs is 6. The Morgan fingerprint density at radius 3 is 1.88 bits per heavy atom. The zero-order valence-corrected chi connectivity index (χ0v) is 35.6. The van der Waals surface area contributed by atoms with Crippen LogP contribution in [0.5, 0.6) is 11.5 Å². The van der Waals surface area contributed by atoms with Gasteiger partial charge in [-0.3, -0.25) is 4.68 Å². The third-order valence-corrected chi connectivity index (χ3v) is 10.7. The first kappa shape index (κ1) is 37.5. The Labute approximate surface area is 343 Å². The number of para-hydroxylation sites is 3. The Morgan fingerprint density at radius 2 is 1.23 bits per heavy atom. The van der Waals surface area contributed by atoms with Crippen molar-refractivity contribution >= 4 is 43.6 Å². The van der Waals surface area contributed by atoms with Crippen LogP contribution in [0.3, 0.4) is 0 Å². The number of hydrogen-bond donors (Lipinski definition) is 0. The molecule has 0 bridgehead atoms. The number of hydrogen-bond acceptors (Lipinski definition) is 3. The molecule has 0 aliphatic rings. The largest absolute Gasteiger partial charge is 2.00 e. The van der Waals surface area contributed by atoms with Gasteiger partial charge in [0.15, 0.2) is 0 Å². The van der Waals surface area contributed by atoms with Gasteiger partial charge in [0.1, 0.15) is 5.82 Å². The van der Waals surface area contributed by atoms with Crippen LogP contribution in [0.2, 0.25) is 0 Å². The van der Waals surface area contributed by atoms with E-state index in [1.165, 1.54) is 32.9 Å². The van der Waals surface area contributed by atoms with Crippen molar-refractivity contribution in [2.75, 3.05) is 0 Å². The molecule has 9 aromatic rings. The molecule has 0 amide bonds. The second-order valence-corrected chi connectivity index (χ2v) is 16.8. The quantitative estimate of drug-likeness (QED) is 0.162. The molecular weight excluding hydrogens is 870 g/mol. The van der Waals surface area contributed by atoms with Crippen LogP contribution in [0, 0.1) is 32.9 Å². The van der Waals surface area contributed by atoms with Crippen molar-refractivity contribution in [3.63, 3.8) is 0 Å². The van der Waals surface area contributed by atoms with Crippen LogP contribution >= 0.6 is 0 Å². The third kappa shape index (κ3) is 6.15. The van der Waals surface area contributed by atoms with Crippen molar-refractivity contribution in [2.45, 2.75) is 73.1 Å². The van der Waals surface area contributed by atoms with E-state index in [9.17, 15) is 0 Å². The van der Waals surface area contributed by atoms with Gasteiger partial charge in [0, 0.05) is 45.7 Å². The van der Waals surface area contributed by atoms with Crippen molar-refractivity contribution in [1.29, 1.82) is 0 Å². The minimum absolute atomic E-state index is 0. The molecule has 0 aliphatic heterocycles. The summed E-state index contributed by atoms with van der Waals surface area (Å²) >= 11 is 0. The van der Waals surface area contributed by atoms with Gasteiger partial charge in [-0.1, -0.05) is 102 Å². The van der Waals surface area contributed by atoms with Crippen molar-refractivity contribution in [3.05, 3.63) is 150 Å². The van der Waals surface area contributed by atoms with Gasteiger partial charge in [0.2, 0.25) is 0 Å². The molecule has 7 heteroatoms. The zero-order chi connectivity index (χ0) is 38.4. The van der Waals surface area contributed by atoms with Crippen molar-refractivity contribution in [2.24, 2.45) is 0 Å². The number of nitrogens with zero attached hydrogens (tertiary/aromatic N) is 5. The van der Waals surface area contributed by atoms with E-state index < -0.39 is 0 Å². The molecule has 4 aromatic heterocycles. The van der Waals surface area contributed by atoms with Gasteiger partial charge in [-0.15, -0.1) is 35.7 Å². The molecule has 0 spiro atoms. The maximum Gasteiger partial charge on any atom is 2.00 e. The molecule has 0 saturated carbocycles. The first-order valence-corrected chi connectivity index (χ1v) is 19.0. The van der Waals surface area contributed by atoms with Gasteiger partial charge in [0.05, 0.1) is 22.4 Å². The zero-order valence-electron chi connectivity index (χ0n) is 33.4. The Balaban J connectivity index is 0.00000441. The molecule has 0 aliphatic carbocycles. The molecule has 56 heavy (non-hydrogen) atoms. The minimum atomic E-state index is -0.0808. The maximum atomic E-state index is 6.48. The molecule has 5 aromatic carbocycles. The fourth-order valence-electron chi connectivity index (χ4n) is 8.21. The number of pyridine rings is 1. The summed E-state index contributed by atoms with van der Waals surface area (Å²) in [7, 11) is 0. The van der Waals surface area contributed by atoms with E-state index in [4.69, 9.17) is 9.72 Å². The van der Waals surface area contributed by atoms with E-state index >= 15 is 0 Å². The van der Waals surface area contributed by atoms with E-state index in [2.05, 4.69) is 154 Å². The number of aryl methyl sites for hydroxylation is 3. The summed E-state index contributed by atoms with van der Waals surface area (Å²) in [6.07, 6.45) is 2.02. The molecule has 0 atom stereocenters. The van der Waals surface area contributed by atoms with Crippen LogP contribution in [-0.2, 0) is 31.9 Å². The van der Waals surface area contributed by atoms with Gasteiger partial charge >= 0.3 is 21.1 Å². The summed E-state index contributed by atoms with van der Waals surface area (Å²) in [5.74, 6) is 2.00. The smallest absolute Gasteiger partial charge is 0.509 e. The summed E-state index contributed by atoms with van der Waals surface area (Å²) in [6, 6.07) is 43.4. The summed E-state index contributed by atoms with van der Waals surface area (Å²) in [5, 5.41) is 9.38. The van der Waals surface area contributed by atoms with Gasteiger partial charge in [0.25, 0.3) is 0 Å². The van der Waals surface area contributed by atoms with E-state index in [1.807, 2.05) is 49.0 Å². The van der Waals surface area contributed by atoms with Crippen LogP contribution in [-0.4, -0.2) is 23.9 Å². The Bertz CT molecular complexity index is 2900. The van der Waals surface area contributed by atoms with E-state index in [1.54, 1.807) is 0 Å². The molecule has 0 saturated heterocycles. The van der Waals surface area contributed by atoms with Crippen LogP contribution in [0.15, 0.2) is 109 Å². The van der Waals surface area contributed by atoms with Crippen molar-refractivity contribution in [3.8, 4) is 28.7 Å². The maximum absolute atomic E-state index is 6.48. The molecule has 0 N–H and O–H groups in total. The summed E-state index contributed by atoms with van der Waals surface area (Å²) in [6.45, 7) is 20.0. The van der Waals surface area contributed by atoms with Crippen molar-refractivity contribution < 1.29 is 25.8 Å². The number of rotatable bonds is 5. The summed E-state index contributed by atoms with van der Waals surface area (Å²) < 4.78 is 13.1. The molecule has 0 radical (unpaired) electrons. The normalized spacial score (nSPS) is 12.2. The van der Waals surface area contributed by atoms with Gasteiger partial charge < -0.3 is 13.9 Å². The monoisotopic (exact) mass is 914 g/mol. The Morgan fingerprint density at radius 1 is 0.607 bits per heavy atom. The fourth-order valence-corrected chi connectivity index (χ4v) is 8.21. The average Bonchev–Trinajstić information content (AvgIpc) is 3.79. The average molecular weight is 915 g/mol. The van der Waals surface area contributed by atoms with Gasteiger partial charge in [-0.2, -0.15) is 17.2 Å². The molecule has 4 heterocycles. The predicted molar refractivity (Wildman–Crippen MR) is 226 cm³/mol. The number of ether oxygens (including phenoxy) is 1. The standard InChI is InChI=1S/C49H45N5O.Pt/c1-30-29-50-45(28-43(30)53-46-38(18-13-20-40(46)48(4,5)6)39-19-14-21-41(47(39)53)49(7,8)9)52-42-22-11-10-17-36(42)37-24-23-35(27-44(37)52)55-34-16-12-15-33(26-34)54-32(3)25-31(2)51-54;/h10-25,28-29H,1-9H3;/q-2;+2. The third-order valence-electron chi connectivity index (χ3n) is 10.7. The van der Waals surface area contributed by atoms with E-state index in [0.29, 0.717) is 11.5 Å². The molecule has 9 rings (SSSR count). The van der Waals surface area contributed by atoms with Crippen LogP contribution in [0.4, 0.5) is 0 Å². The second-order valence-electron chi connectivity index (χ2n) is 16.8. The molecule has 0 unspecified atom stereocenters. The number of aromatic nitrogens is 5. The minimum Gasteiger partial charge on any atom is -0.509 e. The summed E-state index contributed by atoms with van der Waals surface area (Å²) in [5.41, 5.74) is 11.9. The molecule has 0 fully saturated rings. The molecule has 282 valence electrons. The van der Waals surface area contributed by atoms with Gasteiger partial charge in [-0.05, 0) is 71.5 Å². The molecule has 6 nitrogen and oxygen atoms in total. The summed E-state index contributed by atoms with van der Waals surface area (Å²) in [4.78, 5) is 5.14.